The molecular weight excluding hydrogens is 206 g/mol. The first kappa shape index (κ1) is 10.3. The van der Waals surface area contributed by atoms with Gasteiger partial charge in [0.2, 0.25) is 0 Å². The Morgan fingerprint density at radius 3 is 1.57 bits per heavy atom. The van der Waals surface area contributed by atoms with E-state index in [1.165, 1.54) is 0 Å². The zero-order valence-electron chi connectivity index (χ0n) is 6.41. The highest BCUT2D eigenvalue weighted by Crippen LogP contribution is 2.25. The number of hydrogen-bond donors (Lipinski definition) is 1. The van der Waals surface area contributed by atoms with Crippen molar-refractivity contribution in [2.24, 2.45) is 0 Å². The van der Waals surface area contributed by atoms with Gasteiger partial charge < -0.3 is 5.73 Å². The molecule has 75 valence electrons. The van der Waals surface area contributed by atoms with Gasteiger partial charge in [-0.25, -0.2) is 27.5 Å². The molecule has 0 heterocycles. The van der Waals surface area contributed by atoms with Gasteiger partial charge in [0.15, 0.2) is 23.3 Å². The Labute approximate surface area is 74.8 Å². The Kier molecular flexibility index (Phi) is 2.33. The minimum atomic E-state index is -2.36. The second kappa shape index (κ2) is 3.17. The summed E-state index contributed by atoms with van der Waals surface area (Å²) in [6.45, 7) is 0. The summed E-state index contributed by atoms with van der Waals surface area (Å²) >= 11 is 0. The third kappa shape index (κ3) is 1.26. The number of halogens is 4. The average Bonchev–Trinajstić information content (AvgIpc) is 2.11. The van der Waals surface area contributed by atoms with Crippen LogP contribution in [0.4, 0.5) is 23.2 Å². The highest BCUT2D eigenvalue weighted by atomic mass is 19.2. The SMILES string of the molecule is Nc1c(F)c(F)c(C([O])=O)c(F)c1F. The summed E-state index contributed by atoms with van der Waals surface area (Å²) in [6, 6.07) is 0. The van der Waals surface area contributed by atoms with Gasteiger partial charge in [-0.3, -0.25) is 0 Å². The molecule has 0 aromatic heterocycles. The van der Waals surface area contributed by atoms with Crippen molar-refractivity contribution in [3.63, 3.8) is 0 Å². The monoisotopic (exact) mass is 208 g/mol. The summed E-state index contributed by atoms with van der Waals surface area (Å²) in [4.78, 5) is 10.1. The summed E-state index contributed by atoms with van der Waals surface area (Å²) < 4.78 is 50.5. The third-order valence-corrected chi connectivity index (χ3v) is 1.50. The molecular formula is C7H2F4NO2. The van der Waals surface area contributed by atoms with Gasteiger partial charge in [-0.1, -0.05) is 0 Å². The summed E-state index contributed by atoms with van der Waals surface area (Å²) in [7, 11) is 0. The van der Waals surface area contributed by atoms with E-state index in [4.69, 9.17) is 0 Å². The molecule has 0 aliphatic rings. The first-order chi connectivity index (χ1) is 6.37. The minimum Gasteiger partial charge on any atom is -0.394 e. The maximum Gasteiger partial charge on any atom is 0.392 e. The average molecular weight is 208 g/mol. The second-order valence-corrected chi connectivity index (χ2v) is 2.33. The Morgan fingerprint density at radius 1 is 0.929 bits per heavy atom. The number of benzene rings is 1. The maximum atomic E-state index is 12.7. The predicted octanol–water partition coefficient (Wildman–Crippen LogP) is 1.40. The number of nitrogen functional groups attached to an aromatic ring is 1. The molecule has 0 amide bonds. The van der Waals surface area contributed by atoms with E-state index >= 15 is 0 Å². The molecule has 14 heavy (non-hydrogen) atoms. The van der Waals surface area contributed by atoms with Crippen molar-refractivity contribution in [1.82, 2.24) is 0 Å². The van der Waals surface area contributed by atoms with E-state index in [0.29, 0.717) is 0 Å². The van der Waals surface area contributed by atoms with Gasteiger partial charge in [0.25, 0.3) is 0 Å². The molecule has 0 aliphatic carbocycles. The first-order valence-corrected chi connectivity index (χ1v) is 3.20. The van der Waals surface area contributed by atoms with Gasteiger partial charge in [-0.2, -0.15) is 0 Å². The van der Waals surface area contributed by atoms with Crippen LogP contribution in [0.5, 0.6) is 0 Å². The molecule has 0 atom stereocenters. The topological polar surface area (TPSA) is 63.0 Å². The standard InChI is InChI=1S/C7H2F4NO2/c8-2-1(7(13)14)3(9)5(11)6(12)4(2)10/h12H2. The molecule has 0 saturated carbocycles. The largest absolute Gasteiger partial charge is 0.394 e. The molecule has 0 bridgehead atoms. The van der Waals surface area contributed by atoms with Crippen molar-refractivity contribution in [3.8, 4) is 0 Å². The van der Waals surface area contributed by atoms with Crippen LogP contribution in [0.3, 0.4) is 0 Å². The van der Waals surface area contributed by atoms with E-state index in [1.54, 1.807) is 0 Å². The molecule has 0 unspecified atom stereocenters. The first-order valence-electron chi connectivity index (χ1n) is 3.20. The lowest BCUT2D eigenvalue weighted by Gasteiger charge is -2.04. The van der Waals surface area contributed by atoms with Gasteiger partial charge >= 0.3 is 5.97 Å². The van der Waals surface area contributed by atoms with Crippen LogP contribution in [-0.2, 0) is 5.11 Å². The molecule has 1 aromatic carbocycles. The lowest BCUT2D eigenvalue weighted by Crippen LogP contribution is -2.11. The zero-order chi connectivity index (χ0) is 11.0. The third-order valence-electron chi connectivity index (χ3n) is 1.50. The Morgan fingerprint density at radius 2 is 1.29 bits per heavy atom. The van der Waals surface area contributed by atoms with Crippen molar-refractivity contribution in [3.05, 3.63) is 28.8 Å². The van der Waals surface area contributed by atoms with Crippen LogP contribution in [0.1, 0.15) is 10.4 Å². The number of nitrogens with two attached hydrogens (primary N) is 1. The summed E-state index contributed by atoms with van der Waals surface area (Å²) in [6.07, 6.45) is 0. The Balaban J connectivity index is 3.68. The smallest absolute Gasteiger partial charge is 0.392 e. The fourth-order valence-electron chi connectivity index (χ4n) is 0.828. The molecule has 1 aromatic rings. The van der Waals surface area contributed by atoms with Crippen LogP contribution in [0.15, 0.2) is 0 Å². The molecule has 2 N–H and O–H groups in total. The molecule has 1 radical (unpaired) electrons. The van der Waals surface area contributed by atoms with E-state index in [-0.39, 0.29) is 0 Å². The van der Waals surface area contributed by atoms with E-state index in [1.807, 2.05) is 0 Å². The van der Waals surface area contributed by atoms with Gasteiger partial charge in [0.1, 0.15) is 11.3 Å². The summed E-state index contributed by atoms with van der Waals surface area (Å²) in [5.41, 5.74) is 1.39. The molecule has 1 rings (SSSR count). The zero-order valence-corrected chi connectivity index (χ0v) is 6.41. The van der Waals surface area contributed by atoms with Crippen LogP contribution in [0, 0.1) is 23.3 Å². The van der Waals surface area contributed by atoms with Gasteiger partial charge in [0, 0.05) is 0 Å². The highest BCUT2D eigenvalue weighted by molar-refractivity contribution is 5.88. The predicted molar refractivity (Wildman–Crippen MR) is 35.7 cm³/mol. The molecule has 0 spiro atoms. The van der Waals surface area contributed by atoms with Crippen molar-refractivity contribution < 1.29 is 27.5 Å². The summed E-state index contributed by atoms with van der Waals surface area (Å²) in [5, 5.41) is 10.1. The van der Waals surface area contributed by atoms with Gasteiger partial charge in [0.05, 0.1) is 0 Å². The number of hydrogen-bond acceptors (Lipinski definition) is 2. The van der Waals surface area contributed by atoms with Crippen LogP contribution in [0.25, 0.3) is 0 Å². The van der Waals surface area contributed by atoms with E-state index in [0.717, 1.165) is 0 Å². The lowest BCUT2D eigenvalue weighted by molar-refractivity contribution is 0.0559. The van der Waals surface area contributed by atoms with Crippen molar-refractivity contribution in [1.29, 1.82) is 0 Å². The van der Waals surface area contributed by atoms with Gasteiger partial charge in [-0.05, 0) is 0 Å². The van der Waals surface area contributed by atoms with Crippen LogP contribution >= 0.6 is 0 Å². The van der Waals surface area contributed by atoms with E-state index in [9.17, 15) is 27.5 Å². The molecule has 0 fully saturated rings. The fourth-order valence-corrected chi connectivity index (χ4v) is 0.828. The van der Waals surface area contributed by atoms with Crippen LogP contribution in [-0.4, -0.2) is 5.97 Å². The van der Waals surface area contributed by atoms with Crippen LogP contribution < -0.4 is 5.73 Å². The van der Waals surface area contributed by atoms with Crippen LogP contribution in [0.2, 0.25) is 0 Å². The second-order valence-electron chi connectivity index (χ2n) is 2.33. The molecule has 0 saturated heterocycles. The quantitative estimate of drug-likeness (QED) is 0.430. The minimum absolute atomic E-state index is 1.41. The normalized spacial score (nSPS) is 10.3. The van der Waals surface area contributed by atoms with Crippen molar-refractivity contribution >= 4 is 11.7 Å². The fraction of sp³-hybridized carbons (Fsp3) is 0. The van der Waals surface area contributed by atoms with E-state index < -0.39 is 40.5 Å². The number of carbonyl (C=O) groups excluding carboxylic acids is 1. The number of rotatable bonds is 1. The number of carbonyl (C=O) groups is 1. The Bertz CT molecular complexity index is 390. The van der Waals surface area contributed by atoms with Crippen molar-refractivity contribution in [2.45, 2.75) is 0 Å². The maximum absolute atomic E-state index is 12.7. The van der Waals surface area contributed by atoms with Gasteiger partial charge in [-0.15, -0.1) is 0 Å². The van der Waals surface area contributed by atoms with Crippen molar-refractivity contribution in [2.75, 3.05) is 5.73 Å². The molecule has 7 heteroatoms. The highest BCUT2D eigenvalue weighted by Gasteiger charge is 2.28. The number of anilines is 1. The molecule has 0 aliphatic heterocycles. The lowest BCUT2D eigenvalue weighted by atomic mass is 10.1. The molecule has 3 nitrogen and oxygen atoms in total. The summed E-state index contributed by atoms with van der Waals surface area (Å²) in [5.74, 6) is -10.4. The van der Waals surface area contributed by atoms with E-state index in [2.05, 4.69) is 5.73 Å². The Hall–Kier alpha value is -1.79.